The van der Waals surface area contributed by atoms with E-state index in [1.807, 2.05) is 17.9 Å². The molecule has 1 aromatic rings. The summed E-state index contributed by atoms with van der Waals surface area (Å²) < 4.78 is 52.7. The Morgan fingerprint density at radius 1 is 1.22 bits per heavy atom. The number of rotatable bonds is 4. The summed E-state index contributed by atoms with van der Waals surface area (Å²) in [6.07, 6.45) is -3.38. The van der Waals surface area contributed by atoms with E-state index in [2.05, 4.69) is 10.3 Å². The zero-order chi connectivity index (χ0) is 19.6. The molecule has 1 aromatic carbocycles. The molecule has 1 saturated carbocycles. The van der Waals surface area contributed by atoms with Gasteiger partial charge < -0.3 is 10.2 Å². The monoisotopic (exact) mass is 386 g/mol. The lowest BCUT2D eigenvalue weighted by molar-refractivity contribution is -0.181. The second kappa shape index (κ2) is 8.04. The van der Waals surface area contributed by atoms with E-state index in [4.69, 9.17) is 0 Å². The van der Waals surface area contributed by atoms with Crippen molar-refractivity contribution in [3.05, 3.63) is 35.6 Å². The molecular weight excluding hydrogens is 360 g/mol. The van der Waals surface area contributed by atoms with Crippen LogP contribution in [0.5, 0.6) is 0 Å². The number of guanidine groups is 1. The number of nitrogens with zero attached hydrogens (tertiary/aromatic N) is 3. The number of aliphatic imine (C=N–C) groups is 1. The SMILES string of the molecule is CCN=C(NC1CC1c1ccccc1F)N1CCN(C(C)C(F)(F)F)CC1. The largest absolute Gasteiger partial charge is 0.403 e. The average molecular weight is 386 g/mol. The average Bonchev–Trinajstić information content (AvgIpc) is 3.39. The first kappa shape index (κ1) is 19.9. The molecule has 1 N–H and O–H groups in total. The first-order valence-electron chi connectivity index (χ1n) is 9.42. The number of benzene rings is 1. The Balaban J connectivity index is 1.57. The van der Waals surface area contributed by atoms with Crippen LogP contribution in [0.3, 0.4) is 0 Å². The normalized spacial score (nSPS) is 25.4. The summed E-state index contributed by atoms with van der Waals surface area (Å²) in [5, 5.41) is 3.38. The van der Waals surface area contributed by atoms with Crippen LogP contribution in [0, 0.1) is 5.82 Å². The van der Waals surface area contributed by atoms with Crippen molar-refractivity contribution in [1.29, 1.82) is 0 Å². The zero-order valence-corrected chi connectivity index (χ0v) is 15.6. The van der Waals surface area contributed by atoms with Crippen molar-refractivity contribution in [3.63, 3.8) is 0 Å². The molecule has 1 heterocycles. The molecule has 0 radical (unpaired) electrons. The number of alkyl halides is 3. The standard InChI is InChI=1S/C19H26F4N4/c1-3-24-18(25-17-12-15(17)14-6-4-5-7-16(14)20)27-10-8-26(9-11-27)13(2)19(21,22)23/h4-7,13,15,17H,3,8-12H2,1-2H3,(H,24,25). The predicted molar refractivity (Wildman–Crippen MR) is 97.3 cm³/mol. The van der Waals surface area contributed by atoms with Gasteiger partial charge in [0.1, 0.15) is 11.9 Å². The highest BCUT2D eigenvalue weighted by molar-refractivity contribution is 5.81. The highest BCUT2D eigenvalue weighted by atomic mass is 19.4. The molecule has 150 valence electrons. The van der Waals surface area contributed by atoms with Crippen LogP contribution in [0.2, 0.25) is 0 Å². The van der Waals surface area contributed by atoms with Crippen molar-refractivity contribution in [3.8, 4) is 0 Å². The van der Waals surface area contributed by atoms with Gasteiger partial charge >= 0.3 is 6.18 Å². The van der Waals surface area contributed by atoms with Crippen LogP contribution in [0.4, 0.5) is 17.6 Å². The number of piperazine rings is 1. The minimum atomic E-state index is -4.21. The van der Waals surface area contributed by atoms with Gasteiger partial charge in [0.05, 0.1) is 0 Å². The fourth-order valence-electron chi connectivity index (χ4n) is 3.55. The van der Waals surface area contributed by atoms with E-state index in [1.165, 1.54) is 17.9 Å². The van der Waals surface area contributed by atoms with Gasteiger partial charge in [-0.05, 0) is 31.9 Å². The van der Waals surface area contributed by atoms with Crippen molar-refractivity contribution < 1.29 is 17.6 Å². The van der Waals surface area contributed by atoms with Gasteiger partial charge in [-0.25, -0.2) is 4.39 Å². The fourth-order valence-corrected chi connectivity index (χ4v) is 3.55. The second-order valence-electron chi connectivity index (χ2n) is 7.15. The maximum Gasteiger partial charge on any atom is 0.403 e. The zero-order valence-electron chi connectivity index (χ0n) is 15.6. The van der Waals surface area contributed by atoms with Gasteiger partial charge in [0.25, 0.3) is 0 Å². The van der Waals surface area contributed by atoms with Crippen LogP contribution in [-0.4, -0.2) is 66.7 Å². The third-order valence-electron chi connectivity index (χ3n) is 5.35. The summed E-state index contributed by atoms with van der Waals surface area (Å²) in [7, 11) is 0. The van der Waals surface area contributed by atoms with Crippen molar-refractivity contribution in [2.45, 2.75) is 44.4 Å². The first-order chi connectivity index (χ1) is 12.8. The molecule has 2 fully saturated rings. The Labute approximate surface area is 157 Å². The van der Waals surface area contributed by atoms with Gasteiger partial charge in [-0.1, -0.05) is 18.2 Å². The Morgan fingerprint density at radius 2 is 1.89 bits per heavy atom. The van der Waals surface area contributed by atoms with Crippen LogP contribution >= 0.6 is 0 Å². The fraction of sp³-hybridized carbons (Fsp3) is 0.632. The molecule has 27 heavy (non-hydrogen) atoms. The molecule has 4 nitrogen and oxygen atoms in total. The van der Waals surface area contributed by atoms with Crippen LogP contribution in [0.25, 0.3) is 0 Å². The predicted octanol–water partition coefficient (Wildman–Crippen LogP) is 3.22. The summed E-state index contributed by atoms with van der Waals surface area (Å²) in [5.74, 6) is 0.621. The van der Waals surface area contributed by atoms with E-state index in [0.717, 1.165) is 6.42 Å². The van der Waals surface area contributed by atoms with Crippen LogP contribution in [-0.2, 0) is 0 Å². The molecule has 1 saturated heterocycles. The first-order valence-corrected chi connectivity index (χ1v) is 9.42. The van der Waals surface area contributed by atoms with Crippen molar-refractivity contribution >= 4 is 5.96 Å². The molecule has 0 bridgehead atoms. The maximum atomic E-state index is 13.9. The van der Waals surface area contributed by atoms with Crippen LogP contribution in [0.1, 0.15) is 31.7 Å². The quantitative estimate of drug-likeness (QED) is 0.490. The van der Waals surface area contributed by atoms with E-state index in [9.17, 15) is 17.6 Å². The van der Waals surface area contributed by atoms with Crippen LogP contribution in [0.15, 0.2) is 29.3 Å². The Morgan fingerprint density at radius 3 is 2.48 bits per heavy atom. The van der Waals surface area contributed by atoms with Crippen LogP contribution < -0.4 is 5.32 Å². The lowest BCUT2D eigenvalue weighted by Crippen LogP contribution is -2.57. The van der Waals surface area contributed by atoms with Gasteiger partial charge in [0, 0.05) is 44.7 Å². The minimum Gasteiger partial charge on any atom is -0.353 e. The van der Waals surface area contributed by atoms with E-state index in [1.54, 1.807) is 12.1 Å². The molecule has 3 rings (SSSR count). The van der Waals surface area contributed by atoms with Gasteiger partial charge in [0.15, 0.2) is 5.96 Å². The van der Waals surface area contributed by atoms with Gasteiger partial charge in [-0.3, -0.25) is 9.89 Å². The molecular formula is C19H26F4N4. The Bertz CT molecular complexity index is 668. The topological polar surface area (TPSA) is 30.9 Å². The molecule has 2 aliphatic rings. The molecule has 0 aromatic heterocycles. The summed E-state index contributed by atoms with van der Waals surface area (Å²) in [5.41, 5.74) is 0.703. The van der Waals surface area contributed by atoms with Crippen molar-refractivity contribution in [1.82, 2.24) is 15.1 Å². The summed E-state index contributed by atoms with van der Waals surface area (Å²) in [6, 6.07) is 5.44. The van der Waals surface area contributed by atoms with E-state index in [-0.39, 0.29) is 17.8 Å². The van der Waals surface area contributed by atoms with Gasteiger partial charge in [-0.15, -0.1) is 0 Å². The Kier molecular flexibility index (Phi) is 5.93. The molecule has 0 spiro atoms. The summed E-state index contributed by atoms with van der Waals surface area (Å²) in [6.45, 7) is 5.37. The van der Waals surface area contributed by atoms with E-state index in [0.29, 0.717) is 44.2 Å². The van der Waals surface area contributed by atoms with E-state index < -0.39 is 12.2 Å². The summed E-state index contributed by atoms with van der Waals surface area (Å²) in [4.78, 5) is 7.95. The van der Waals surface area contributed by atoms with E-state index >= 15 is 0 Å². The molecule has 8 heteroatoms. The third kappa shape index (κ3) is 4.72. The minimum absolute atomic E-state index is 0.110. The van der Waals surface area contributed by atoms with Gasteiger partial charge in [0.2, 0.25) is 0 Å². The lowest BCUT2D eigenvalue weighted by atomic mass is 10.1. The second-order valence-corrected chi connectivity index (χ2v) is 7.15. The van der Waals surface area contributed by atoms with Crippen molar-refractivity contribution in [2.24, 2.45) is 4.99 Å². The highest BCUT2D eigenvalue weighted by Crippen LogP contribution is 2.42. The molecule has 0 amide bonds. The Hall–Kier alpha value is -1.83. The number of halogens is 4. The molecule has 1 aliphatic heterocycles. The number of hydrogen-bond acceptors (Lipinski definition) is 2. The number of nitrogens with one attached hydrogen (secondary N) is 1. The third-order valence-corrected chi connectivity index (χ3v) is 5.35. The molecule has 3 atom stereocenters. The van der Waals surface area contributed by atoms with Gasteiger partial charge in [-0.2, -0.15) is 13.2 Å². The molecule has 3 unspecified atom stereocenters. The highest BCUT2D eigenvalue weighted by Gasteiger charge is 2.43. The smallest absolute Gasteiger partial charge is 0.353 e. The lowest BCUT2D eigenvalue weighted by Gasteiger charge is -2.39. The van der Waals surface area contributed by atoms with Crippen molar-refractivity contribution in [2.75, 3.05) is 32.7 Å². The molecule has 1 aliphatic carbocycles. The number of hydrogen-bond donors (Lipinski definition) is 1. The maximum absolute atomic E-state index is 13.9. The summed E-state index contributed by atoms with van der Waals surface area (Å²) >= 11 is 0.